The van der Waals surface area contributed by atoms with Crippen LogP contribution in [0.1, 0.15) is 387 Å². The summed E-state index contributed by atoms with van der Waals surface area (Å²) in [4.78, 5) is 72.5. The number of carbonyl (C=O) groups excluding carboxylic acids is 4. The predicted molar refractivity (Wildman–Crippen MR) is 372 cm³/mol. The third-order valence-corrected chi connectivity index (χ3v) is 19.0. The maximum atomic E-state index is 13.1. The summed E-state index contributed by atoms with van der Waals surface area (Å²) in [7, 11) is -9.89. The highest BCUT2D eigenvalue weighted by atomic mass is 31.2. The van der Waals surface area contributed by atoms with Crippen molar-refractivity contribution >= 4 is 39.5 Å². The lowest BCUT2D eigenvalue weighted by atomic mass is 10.0. The molecule has 5 atom stereocenters. The Morgan fingerprint density at radius 1 is 0.261 bits per heavy atom. The number of hydrogen-bond acceptors (Lipinski definition) is 15. The lowest BCUT2D eigenvalue weighted by Gasteiger charge is -2.21. The van der Waals surface area contributed by atoms with Gasteiger partial charge in [-0.2, -0.15) is 0 Å². The van der Waals surface area contributed by atoms with Crippen LogP contribution in [0.15, 0.2) is 0 Å². The number of rotatable bonds is 74. The van der Waals surface area contributed by atoms with E-state index in [2.05, 4.69) is 27.7 Å². The number of esters is 4. The van der Waals surface area contributed by atoms with Gasteiger partial charge in [0.2, 0.25) is 0 Å². The molecule has 2 unspecified atom stereocenters. The smallest absolute Gasteiger partial charge is 0.462 e. The first-order chi connectivity index (χ1) is 44.7. The molecular weight excluding hydrogens is 1210 g/mol. The second-order valence-corrected chi connectivity index (χ2v) is 29.2. The van der Waals surface area contributed by atoms with E-state index in [1.807, 2.05) is 0 Å². The number of phosphoric acid groups is 2. The van der Waals surface area contributed by atoms with Gasteiger partial charge in [-0.1, -0.05) is 336 Å². The molecule has 19 heteroatoms. The summed E-state index contributed by atoms with van der Waals surface area (Å²) in [6, 6.07) is 0. The molecule has 0 heterocycles. The zero-order valence-electron chi connectivity index (χ0n) is 59.5. The average Bonchev–Trinajstić information content (AvgIpc) is 3.66. The van der Waals surface area contributed by atoms with E-state index in [9.17, 15) is 43.2 Å². The number of aliphatic hydroxyl groups is 1. The third-order valence-electron chi connectivity index (χ3n) is 17.1. The van der Waals surface area contributed by atoms with Gasteiger partial charge < -0.3 is 33.8 Å². The van der Waals surface area contributed by atoms with Crippen LogP contribution in [0.2, 0.25) is 0 Å². The van der Waals surface area contributed by atoms with Crippen LogP contribution in [0.3, 0.4) is 0 Å². The summed E-state index contributed by atoms with van der Waals surface area (Å²) in [5.41, 5.74) is 0. The molecule has 17 nitrogen and oxygen atoms in total. The Bertz CT molecular complexity index is 1760. The van der Waals surface area contributed by atoms with E-state index >= 15 is 0 Å². The van der Waals surface area contributed by atoms with Gasteiger partial charge in [0.25, 0.3) is 0 Å². The minimum Gasteiger partial charge on any atom is -0.462 e. The predicted octanol–water partition coefficient (Wildman–Crippen LogP) is 21.4. The highest BCUT2D eigenvalue weighted by Crippen LogP contribution is 2.45. The van der Waals surface area contributed by atoms with E-state index in [4.69, 9.17) is 37.0 Å². The van der Waals surface area contributed by atoms with Crippen molar-refractivity contribution in [1.29, 1.82) is 0 Å². The summed E-state index contributed by atoms with van der Waals surface area (Å²) in [5, 5.41) is 10.6. The van der Waals surface area contributed by atoms with Crippen molar-refractivity contribution in [3.05, 3.63) is 0 Å². The van der Waals surface area contributed by atoms with Crippen LogP contribution in [0.25, 0.3) is 0 Å². The van der Waals surface area contributed by atoms with Crippen molar-refractivity contribution in [3.63, 3.8) is 0 Å². The minimum absolute atomic E-state index is 0.105. The van der Waals surface area contributed by atoms with Crippen LogP contribution in [-0.4, -0.2) is 96.7 Å². The maximum absolute atomic E-state index is 13.1. The van der Waals surface area contributed by atoms with E-state index in [-0.39, 0.29) is 25.7 Å². The van der Waals surface area contributed by atoms with Gasteiger partial charge in [-0.05, 0) is 25.7 Å². The number of ether oxygens (including phenoxy) is 4. The molecule has 0 saturated carbocycles. The molecule has 0 bridgehead atoms. The van der Waals surface area contributed by atoms with E-state index in [1.54, 1.807) is 0 Å². The van der Waals surface area contributed by atoms with Crippen LogP contribution in [-0.2, 0) is 65.4 Å². The third kappa shape index (κ3) is 66.7. The van der Waals surface area contributed by atoms with Crippen molar-refractivity contribution < 1.29 is 80.2 Å². The first-order valence-electron chi connectivity index (χ1n) is 38.3. The number of phosphoric ester groups is 2. The van der Waals surface area contributed by atoms with Gasteiger partial charge in [-0.3, -0.25) is 37.3 Å². The normalized spacial score (nSPS) is 13.9. The van der Waals surface area contributed by atoms with Crippen LogP contribution < -0.4 is 0 Å². The van der Waals surface area contributed by atoms with Crippen LogP contribution in [0, 0.1) is 0 Å². The van der Waals surface area contributed by atoms with Gasteiger partial charge in [0.05, 0.1) is 26.4 Å². The van der Waals surface area contributed by atoms with Crippen LogP contribution >= 0.6 is 15.6 Å². The van der Waals surface area contributed by atoms with Gasteiger partial charge in [0.1, 0.15) is 19.3 Å². The molecule has 0 aliphatic carbocycles. The quantitative estimate of drug-likeness (QED) is 0.0222. The molecular formula is C73H142O17P2. The van der Waals surface area contributed by atoms with Gasteiger partial charge in [-0.15, -0.1) is 0 Å². The van der Waals surface area contributed by atoms with Crippen molar-refractivity contribution in [1.82, 2.24) is 0 Å². The molecule has 0 amide bonds. The Hall–Kier alpha value is -1.94. The van der Waals surface area contributed by atoms with Crippen LogP contribution in [0.5, 0.6) is 0 Å². The first-order valence-corrected chi connectivity index (χ1v) is 41.3. The fourth-order valence-corrected chi connectivity index (χ4v) is 12.8. The van der Waals surface area contributed by atoms with E-state index in [0.29, 0.717) is 25.7 Å². The molecule has 92 heavy (non-hydrogen) atoms. The molecule has 546 valence electrons. The number of hydrogen-bond donors (Lipinski definition) is 3. The molecule has 0 spiro atoms. The molecule has 0 aromatic heterocycles. The first kappa shape index (κ1) is 90.1. The Morgan fingerprint density at radius 3 is 0.641 bits per heavy atom. The van der Waals surface area contributed by atoms with Gasteiger partial charge in [-0.25, -0.2) is 9.13 Å². The second kappa shape index (κ2) is 67.6. The number of unbranched alkanes of at least 4 members (excludes halogenated alkanes) is 48. The second-order valence-electron chi connectivity index (χ2n) is 26.3. The standard InChI is InChI=1S/C73H142O17P2/c1-5-9-13-17-21-25-27-29-31-33-34-35-36-38-40-42-44-48-52-56-60-73(78)90-69(64-84-71(76)58-54-50-47-43-41-39-37-32-30-28-26-22-18-14-10-6-2)66-88-92(81,82)86-62-67(74)61-85-91(79,80)87-65-68(89-72(77)59-55-51-46-24-20-16-12-8-4)63-83-70(75)57-53-49-45-23-19-15-11-7-3/h67-69,74H,5-66H2,1-4H3,(H,79,80)(H,81,82)/t67-,68+,69+/m0/s1. The average molecular weight is 1350 g/mol. The van der Waals surface area contributed by atoms with E-state index in [1.165, 1.54) is 205 Å². The SMILES string of the molecule is CCCCCCCCCCCCCCCCCCCCCCC(=O)O[C@H](COC(=O)CCCCCCCCCCCCCCCCCC)COP(=O)(O)OC[C@@H](O)COP(=O)(O)OC[C@@H](COC(=O)CCCCCCCCCC)OC(=O)CCCCCCCCCC. The Balaban J connectivity index is 5.15. The highest BCUT2D eigenvalue weighted by Gasteiger charge is 2.30. The number of aliphatic hydroxyl groups excluding tert-OH is 1. The fraction of sp³-hybridized carbons (Fsp3) is 0.945. The summed E-state index contributed by atoms with van der Waals surface area (Å²) >= 11 is 0. The topological polar surface area (TPSA) is 237 Å². The Morgan fingerprint density at radius 2 is 0.435 bits per heavy atom. The van der Waals surface area contributed by atoms with Crippen molar-refractivity contribution in [2.45, 2.75) is 406 Å². The monoisotopic (exact) mass is 1350 g/mol. The van der Waals surface area contributed by atoms with Gasteiger partial charge >= 0.3 is 39.5 Å². The summed E-state index contributed by atoms with van der Waals surface area (Å²) in [5.74, 6) is -2.12. The fourth-order valence-electron chi connectivity index (χ4n) is 11.2. The molecule has 0 aliphatic rings. The van der Waals surface area contributed by atoms with Crippen molar-refractivity contribution in [3.8, 4) is 0 Å². The van der Waals surface area contributed by atoms with Crippen LogP contribution in [0.4, 0.5) is 0 Å². The lowest BCUT2D eigenvalue weighted by Crippen LogP contribution is -2.30. The molecule has 0 aliphatic heterocycles. The van der Waals surface area contributed by atoms with E-state index < -0.39 is 97.5 Å². The summed E-state index contributed by atoms with van der Waals surface area (Å²) < 4.78 is 68.2. The highest BCUT2D eigenvalue weighted by molar-refractivity contribution is 7.47. The van der Waals surface area contributed by atoms with Gasteiger partial charge in [0.15, 0.2) is 12.2 Å². The molecule has 0 radical (unpaired) electrons. The molecule has 0 rings (SSSR count). The van der Waals surface area contributed by atoms with Gasteiger partial charge in [0, 0.05) is 25.7 Å². The maximum Gasteiger partial charge on any atom is 0.472 e. The van der Waals surface area contributed by atoms with Crippen molar-refractivity contribution in [2.24, 2.45) is 0 Å². The zero-order valence-corrected chi connectivity index (χ0v) is 61.3. The van der Waals surface area contributed by atoms with E-state index in [0.717, 1.165) is 103 Å². The largest absolute Gasteiger partial charge is 0.472 e. The zero-order chi connectivity index (χ0) is 67.5. The Labute approximate surface area is 562 Å². The molecule has 0 fully saturated rings. The molecule has 3 N–H and O–H groups in total. The molecule has 0 aromatic rings. The Kier molecular flexibility index (Phi) is 66.2. The number of carbonyl (C=O) groups is 4. The summed E-state index contributed by atoms with van der Waals surface area (Å²) in [6.07, 6.45) is 57.1. The molecule has 0 aromatic carbocycles. The van der Waals surface area contributed by atoms with Crippen molar-refractivity contribution in [2.75, 3.05) is 39.6 Å². The summed E-state index contributed by atoms with van der Waals surface area (Å²) in [6.45, 7) is 4.91. The lowest BCUT2D eigenvalue weighted by molar-refractivity contribution is -0.161. The minimum atomic E-state index is -4.95. The molecule has 0 saturated heterocycles.